The fourth-order valence-corrected chi connectivity index (χ4v) is 6.06. The van der Waals surface area contributed by atoms with Crippen LogP contribution in [-0.2, 0) is 0 Å². The van der Waals surface area contributed by atoms with Crippen LogP contribution >= 0.6 is 0 Å². The molecule has 0 unspecified atom stereocenters. The van der Waals surface area contributed by atoms with E-state index in [0.29, 0.717) is 0 Å². The normalized spacial score (nSPS) is 11.9. The summed E-state index contributed by atoms with van der Waals surface area (Å²) >= 11 is 0. The molecular weight excluding hydrogens is 470 g/mol. The lowest BCUT2D eigenvalue weighted by Gasteiger charge is -2.49. The summed E-state index contributed by atoms with van der Waals surface area (Å²) in [5.74, 6) is 0. The fraction of sp³-hybridized carbons (Fsp3) is 0.368. The predicted molar refractivity (Wildman–Crippen MR) is 168 cm³/mol. The Bertz CT molecular complexity index is 1020. The third kappa shape index (κ3) is 7.93. The van der Waals surface area contributed by atoms with Crippen LogP contribution in [0.2, 0.25) is 0 Å². The van der Waals surface area contributed by atoms with Crippen LogP contribution in [0, 0.1) is 0 Å². The molecular formula is C38H47N. The zero-order chi connectivity index (χ0) is 27.3. The van der Waals surface area contributed by atoms with Gasteiger partial charge in [0.25, 0.3) is 0 Å². The summed E-state index contributed by atoms with van der Waals surface area (Å²) in [6.07, 6.45) is 10.5. The summed E-state index contributed by atoms with van der Waals surface area (Å²) < 4.78 is 0. The maximum absolute atomic E-state index is 2.82. The van der Waals surface area contributed by atoms with Gasteiger partial charge in [0.1, 0.15) is 0 Å². The zero-order valence-electron chi connectivity index (χ0n) is 24.3. The van der Waals surface area contributed by atoms with Crippen molar-refractivity contribution in [2.24, 2.45) is 0 Å². The van der Waals surface area contributed by atoms with Crippen molar-refractivity contribution in [2.45, 2.75) is 89.8 Å². The van der Waals surface area contributed by atoms with Gasteiger partial charge in [-0.05, 0) is 42.5 Å². The molecule has 0 saturated carbocycles. The summed E-state index contributed by atoms with van der Waals surface area (Å²) in [7, 11) is 0. The Balaban J connectivity index is 1.79. The number of rotatable bonds is 15. The monoisotopic (exact) mass is 517 g/mol. The average Bonchev–Trinajstić information content (AvgIpc) is 2.98. The van der Waals surface area contributed by atoms with Crippen molar-refractivity contribution >= 4 is 0 Å². The van der Waals surface area contributed by atoms with E-state index in [0.717, 1.165) is 6.42 Å². The Kier molecular flexibility index (Phi) is 11.0. The van der Waals surface area contributed by atoms with Crippen LogP contribution in [0.3, 0.4) is 0 Å². The second-order valence-corrected chi connectivity index (χ2v) is 11.5. The molecule has 204 valence electrons. The molecule has 1 heteroatoms. The quantitative estimate of drug-likeness (QED) is 0.142. The highest BCUT2D eigenvalue weighted by Gasteiger charge is 2.40. The molecule has 0 aliphatic carbocycles. The van der Waals surface area contributed by atoms with E-state index in [9.17, 15) is 0 Å². The average molecular weight is 518 g/mol. The van der Waals surface area contributed by atoms with Crippen LogP contribution in [0.15, 0.2) is 121 Å². The Hall–Kier alpha value is -3.16. The number of benzene rings is 4. The van der Waals surface area contributed by atoms with Gasteiger partial charge in [0.15, 0.2) is 0 Å². The first-order valence-electron chi connectivity index (χ1n) is 15.1. The largest absolute Gasteiger partial charge is 0.276 e. The third-order valence-electron chi connectivity index (χ3n) is 8.11. The van der Waals surface area contributed by atoms with Crippen LogP contribution in [0.4, 0.5) is 0 Å². The van der Waals surface area contributed by atoms with Crippen LogP contribution in [0.1, 0.15) is 106 Å². The van der Waals surface area contributed by atoms with E-state index in [-0.39, 0.29) is 17.6 Å². The van der Waals surface area contributed by atoms with Crippen LogP contribution in [0.25, 0.3) is 0 Å². The second kappa shape index (κ2) is 14.8. The molecule has 0 saturated heterocycles. The van der Waals surface area contributed by atoms with Gasteiger partial charge in [0, 0.05) is 5.54 Å². The highest BCUT2D eigenvalue weighted by Crippen LogP contribution is 2.45. The summed E-state index contributed by atoms with van der Waals surface area (Å²) in [6, 6.07) is 44.7. The van der Waals surface area contributed by atoms with E-state index in [4.69, 9.17) is 0 Å². The minimum Gasteiger partial charge on any atom is -0.276 e. The van der Waals surface area contributed by atoms with Crippen molar-refractivity contribution in [2.75, 3.05) is 0 Å². The van der Waals surface area contributed by atoms with E-state index in [1.165, 1.54) is 67.2 Å². The first-order chi connectivity index (χ1) is 19.1. The molecule has 0 amide bonds. The van der Waals surface area contributed by atoms with Crippen molar-refractivity contribution in [3.8, 4) is 0 Å². The molecule has 0 fully saturated rings. The lowest BCUT2D eigenvalue weighted by Crippen LogP contribution is -2.49. The molecule has 0 bridgehead atoms. The molecule has 0 aromatic heterocycles. The lowest BCUT2D eigenvalue weighted by molar-refractivity contribution is 0.0434. The molecule has 4 rings (SSSR count). The standard InChI is InChI=1S/C38H47N/c1-4-5-6-7-8-9-22-31-38(2,3)39(36(32-23-14-10-15-24-32)33-25-16-11-17-26-33)37(34-27-18-12-19-28-34)35-29-20-13-21-30-35/h10-21,23-30,36-37H,4-9,22,31H2,1-3H3. The van der Waals surface area contributed by atoms with Gasteiger partial charge in [-0.1, -0.05) is 173 Å². The molecule has 0 radical (unpaired) electrons. The summed E-state index contributed by atoms with van der Waals surface area (Å²) in [6.45, 7) is 7.24. The van der Waals surface area contributed by atoms with Crippen molar-refractivity contribution in [1.82, 2.24) is 4.90 Å². The predicted octanol–water partition coefficient (Wildman–Crippen LogP) is 10.8. The van der Waals surface area contributed by atoms with E-state index in [2.05, 4.69) is 147 Å². The van der Waals surface area contributed by atoms with Gasteiger partial charge < -0.3 is 0 Å². The molecule has 0 spiro atoms. The molecule has 4 aromatic carbocycles. The van der Waals surface area contributed by atoms with Gasteiger partial charge in [-0.15, -0.1) is 0 Å². The van der Waals surface area contributed by atoms with Crippen molar-refractivity contribution < 1.29 is 0 Å². The van der Waals surface area contributed by atoms with Gasteiger partial charge in [0.2, 0.25) is 0 Å². The van der Waals surface area contributed by atoms with E-state index in [1.54, 1.807) is 0 Å². The number of hydrogen-bond donors (Lipinski definition) is 0. The second-order valence-electron chi connectivity index (χ2n) is 11.5. The molecule has 0 aliphatic rings. The van der Waals surface area contributed by atoms with Crippen LogP contribution in [-0.4, -0.2) is 10.4 Å². The van der Waals surface area contributed by atoms with Crippen molar-refractivity contribution in [3.05, 3.63) is 144 Å². The Labute approximate surface area is 237 Å². The maximum Gasteiger partial charge on any atom is 0.0615 e. The van der Waals surface area contributed by atoms with Crippen LogP contribution < -0.4 is 0 Å². The van der Waals surface area contributed by atoms with E-state index >= 15 is 0 Å². The number of nitrogens with zero attached hydrogens (tertiary/aromatic N) is 1. The molecule has 0 aliphatic heterocycles. The van der Waals surface area contributed by atoms with Gasteiger partial charge in [-0.3, -0.25) is 4.90 Å². The number of unbranched alkanes of at least 4 members (excludes halogenated alkanes) is 6. The maximum atomic E-state index is 2.82. The zero-order valence-corrected chi connectivity index (χ0v) is 24.3. The van der Waals surface area contributed by atoms with Crippen molar-refractivity contribution in [3.63, 3.8) is 0 Å². The van der Waals surface area contributed by atoms with E-state index < -0.39 is 0 Å². The van der Waals surface area contributed by atoms with Gasteiger partial charge in [-0.2, -0.15) is 0 Å². The first-order valence-corrected chi connectivity index (χ1v) is 15.1. The summed E-state index contributed by atoms with van der Waals surface area (Å²) in [4.78, 5) is 2.82. The Morgan fingerprint density at radius 1 is 0.462 bits per heavy atom. The molecule has 0 atom stereocenters. The lowest BCUT2D eigenvalue weighted by atomic mass is 9.83. The van der Waals surface area contributed by atoms with Gasteiger partial charge in [-0.25, -0.2) is 0 Å². The van der Waals surface area contributed by atoms with Gasteiger partial charge >= 0.3 is 0 Å². The van der Waals surface area contributed by atoms with Crippen molar-refractivity contribution in [1.29, 1.82) is 0 Å². The highest BCUT2D eigenvalue weighted by atomic mass is 15.2. The Morgan fingerprint density at radius 3 is 1.10 bits per heavy atom. The minimum absolute atomic E-state index is 0.0455. The molecule has 0 N–H and O–H groups in total. The fourth-order valence-electron chi connectivity index (χ4n) is 6.06. The highest BCUT2D eigenvalue weighted by molar-refractivity contribution is 5.38. The smallest absolute Gasteiger partial charge is 0.0615 e. The van der Waals surface area contributed by atoms with Crippen LogP contribution in [0.5, 0.6) is 0 Å². The molecule has 0 heterocycles. The van der Waals surface area contributed by atoms with E-state index in [1.807, 2.05) is 0 Å². The SMILES string of the molecule is CCCCCCCCCC(C)(C)N(C(c1ccccc1)c1ccccc1)C(c1ccccc1)c1ccccc1. The molecule has 4 aromatic rings. The van der Waals surface area contributed by atoms with Gasteiger partial charge in [0.05, 0.1) is 12.1 Å². The Morgan fingerprint density at radius 2 is 0.769 bits per heavy atom. The third-order valence-corrected chi connectivity index (χ3v) is 8.11. The topological polar surface area (TPSA) is 3.24 Å². The molecule has 1 nitrogen and oxygen atoms in total. The first kappa shape index (κ1) is 28.8. The summed E-state index contributed by atoms with van der Waals surface area (Å²) in [5, 5.41) is 0. The molecule has 39 heavy (non-hydrogen) atoms. The summed E-state index contributed by atoms with van der Waals surface area (Å²) in [5.41, 5.74) is 5.32. The number of hydrogen-bond acceptors (Lipinski definition) is 1. The minimum atomic E-state index is -0.0455.